The van der Waals surface area contributed by atoms with Gasteiger partial charge in [-0.15, -0.1) is 0 Å². The Bertz CT molecular complexity index is 1390. The third kappa shape index (κ3) is 4.91. The molecule has 0 radical (unpaired) electrons. The molecule has 1 saturated carbocycles. The van der Waals surface area contributed by atoms with Crippen LogP contribution < -0.4 is 5.32 Å². The maximum atomic E-state index is 15.0. The average Bonchev–Trinajstić information content (AvgIpc) is 3.21. The summed E-state index contributed by atoms with van der Waals surface area (Å²) in [5.41, 5.74) is 3.51. The van der Waals surface area contributed by atoms with Gasteiger partial charge in [0.1, 0.15) is 29.3 Å². The lowest BCUT2D eigenvalue weighted by Gasteiger charge is -2.33. The van der Waals surface area contributed by atoms with Gasteiger partial charge in [-0.3, -0.25) is 9.88 Å². The monoisotopic (exact) mass is 501 g/mol. The standard InChI is InChI=1S/C27H32FN9/c1-3-35-7-9-36(10-8-35)16-20-14-30-26(15-29-20)34-25-13-23(31-17-32-25)19-11-22(28)27-24(12-19)37(18(2)33-27)21-5-4-6-21/h11-15,17,21H,3-10,16H2,1-2H3,(H,30,31,32,34). The second-order valence-electron chi connectivity index (χ2n) is 9.96. The topological polar surface area (TPSA) is 87.9 Å². The van der Waals surface area contributed by atoms with E-state index in [0.29, 0.717) is 34.5 Å². The van der Waals surface area contributed by atoms with Gasteiger partial charge in [0.2, 0.25) is 0 Å². The van der Waals surface area contributed by atoms with Gasteiger partial charge in [-0.05, 0) is 44.9 Å². The molecule has 4 heterocycles. The molecule has 4 aromatic rings. The zero-order valence-corrected chi connectivity index (χ0v) is 21.4. The van der Waals surface area contributed by atoms with Gasteiger partial charge in [-0.2, -0.15) is 0 Å². The van der Waals surface area contributed by atoms with Gasteiger partial charge < -0.3 is 14.8 Å². The zero-order chi connectivity index (χ0) is 25.4. The summed E-state index contributed by atoms with van der Waals surface area (Å²) in [4.78, 5) is 27.2. The van der Waals surface area contributed by atoms with E-state index in [-0.39, 0.29) is 5.82 Å². The van der Waals surface area contributed by atoms with Crippen molar-refractivity contribution in [1.82, 2.24) is 39.3 Å². The third-order valence-corrected chi connectivity index (χ3v) is 7.59. The van der Waals surface area contributed by atoms with Gasteiger partial charge in [-0.1, -0.05) is 6.92 Å². The lowest BCUT2D eigenvalue weighted by atomic mass is 9.92. The number of hydrogen-bond acceptors (Lipinski definition) is 8. The minimum absolute atomic E-state index is 0.334. The third-order valence-electron chi connectivity index (χ3n) is 7.59. The summed E-state index contributed by atoms with van der Waals surface area (Å²) in [6.45, 7) is 10.3. The van der Waals surface area contributed by atoms with Crippen molar-refractivity contribution in [3.8, 4) is 11.3 Å². The van der Waals surface area contributed by atoms with Gasteiger partial charge in [-0.25, -0.2) is 24.3 Å². The number of nitrogens with one attached hydrogen (secondary N) is 1. The molecule has 37 heavy (non-hydrogen) atoms. The molecule has 0 atom stereocenters. The molecule has 0 amide bonds. The molecule has 10 heteroatoms. The predicted octanol–water partition coefficient (Wildman–Crippen LogP) is 4.34. The Hall–Kier alpha value is -3.50. The molecule has 0 spiro atoms. The Kier molecular flexibility index (Phi) is 6.52. The number of imidazole rings is 1. The van der Waals surface area contributed by atoms with E-state index in [9.17, 15) is 0 Å². The highest BCUT2D eigenvalue weighted by Crippen LogP contribution is 2.37. The van der Waals surface area contributed by atoms with Crippen molar-refractivity contribution in [3.63, 3.8) is 0 Å². The van der Waals surface area contributed by atoms with Crippen molar-refractivity contribution < 1.29 is 4.39 Å². The number of piperazine rings is 1. The van der Waals surface area contributed by atoms with E-state index in [1.807, 2.05) is 19.2 Å². The van der Waals surface area contributed by atoms with E-state index in [2.05, 4.69) is 51.5 Å². The van der Waals surface area contributed by atoms with Crippen LogP contribution in [0.2, 0.25) is 0 Å². The highest BCUT2D eigenvalue weighted by atomic mass is 19.1. The Morgan fingerprint density at radius 1 is 0.946 bits per heavy atom. The molecule has 3 aromatic heterocycles. The summed E-state index contributed by atoms with van der Waals surface area (Å²) >= 11 is 0. The summed E-state index contributed by atoms with van der Waals surface area (Å²) in [5.74, 6) is 1.70. The lowest BCUT2D eigenvalue weighted by Crippen LogP contribution is -2.45. The van der Waals surface area contributed by atoms with E-state index >= 15 is 4.39 Å². The van der Waals surface area contributed by atoms with Crippen LogP contribution in [0.3, 0.4) is 0 Å². The fourth-order valence-corrected chi connectivity index (χ4v) is 5.23. The van der Waals surface area contributed by atoms with Crippen molar-refractivity contribution in [2.24, 2.45) is 0 Å². The fraction of sp³-hybridized carbons (Fsp3) is 0.444. The molecule has 2 fully saturated rings. The first-order valence-electron chi connectivity index (χ1n) is 13.1. The predicted molar refractivity (Wildman–Crippen MR) is 141 cm³/mol. The van der Waals surface area contributed by atoms with Crippen LogP contribution in [0.25, 0.3) is 22.3 Å². The van der Waals surface area contributed by atoms with Crippen molar-refractivity contribution in [2.45, 2.75) is 45.7 Å². The molecule has 1 aliphatic carbocycles. The van der Waals surface area contributed by atoms with Gasteiger partial charge in [0.05, 0.1) is 29.3 Å². The molecule has 2 aliphatic rings. The van der Waals surface area contributed by atoms with E-state index in [1.54, 1.807) is 12.3 Å². The van der Waals surface area contributed by atoms with Gasteiger partial charge in [0.25, 0.3) is 0 Å². The number of halogens is 1. The molecular weight excluding hydrogens is 469 g/mol. The highest BCUT2D eigenvalue weighted by molar-refractivity contribution is 5.83. The van der Waals surface area contributed by atoms with Crippen molar-refractivity contribution in [3.05, 3.63) is 54.3 Å². The molecule has 0 bridgehead atoms. The zero-order valence-electron chi connectivity index (χ0n) is 21.4. The summed E-state index contributed by atoms with van der Waals surface area (Å²) in [6.07, 6.45) is 8.43. The Morgan fingerprint density at radius 3 is 2.46 bits per heavy atom. The first-order valence-corrected chi connectivity index (χ1v) is 13.1. The number of likely N-dealkylation sites (N-methyl/N-ethyl adjacent to an activating group) is 1. The molecule has 1 saturated heterocycles. The number of aromatic nitrogens is 6. The van der Waals surface area contributed by atoms with Crippen LogP contribution in [-0.4, -0.2) is 72.0 Å². The van der Waals surface area contributed by atoms with E-state index in [1.165, 1.54) is 18.8 Å². The van der Waals surface area contributed by atoms with Crippen LogP contribution in [0, 0.1) is 12.7 Å². The number of hydrogen-bond donors (Lipinski definition) is 1. The molecule has 1 N–H and O–H groups in total. The van der Waals surface area contributed by atoms with E-state index in [4.69, 9.17) is 0 Å². The van der Waals surface area contributed by atoms with Crippen molar-refractivity contribution >= 4 is 22.7 Å². The molecular formula is C27H32FN9. The van der Waals surface area contributed by atoms with Gasteiger partial charge in [0, 0.05) is 50.4 Å². The number of anilines is 2. The van der Waals surface area contributed by atoms with E-state index < -0.39 is 0 Å². The van der Waals surface area contributed by atoms with Crippen LogP contribution in [0.5, 0.6) is 0 Å². The second kappa shape index (κ2) is 10.1. The Labute approximate surface area is 215 Å². The molecule has 0 unspecified atom stereocenters. The van der Waals surface area contributed by atoms with Crippen LogP contribution in [-0.2, 0) is 6.54 Å². The fourth-order valence-electron chi connectivity index (χ4n) is 5.23. The van der Waals surface area contributed by atoms with Crippen LogP contribution >= 0.6 is 0 Å². The van der Waals surface area contributed by atoms with Crippen molar-refractivity contribution in [1.29, 1.82) is 0 Å². The number of nitrogens with zero attached hydrogens (tertiary/aromatic N) is 8. The quantitative estimate of drug-likeness (QED) is 0.400. The molecule has 9 nitrogen and oxygen atoms in total. The first kappa shape index (κ1) is 23.9. The van der Waals surface area contributed by atoms with Crippen LogP contribution in [0.1, 0.15) is 43.7 Å². The lowest BCUT2D eigenvalue weighted by molar-refractivity contribution is 0.130. The molecule has 192 valence electrons. The van der Waals surface area contributed by atoms with Crippen LogP contribution in [0.15, 0.2) is 36.9 Å². The maximum Gasteiger partial charge on any atom is 0.151 e. The minimum atomic E-state index is -0.334. The Morgan fingerprint density at radius 2 is 1.76 bits per heavy atom. The van der Waals surface area contributed by atoms with Crippen molar-refractivity contribution in [2.75, 3.05) is 38.0 Å². The molecule has 6 rings (SSSR count). The summed E-state index contributed by atoms with van der Waals surface area (Å²) in [7, 11) is 0. The maximum absolute atomic E-state index is 15.0. The average molecular weight is 502 g/mol. The normalized spacial score (nSPS) is 17.3. The van der Waals surface area contributed by atoms with Gasteiger partial charge in [0.15, 0.2) is 5.82 Å². The summed E-state index contributed by atoms with van der Waals surface area (Å²) < 4.78 is 17.2. The van der Waals surface area contributed by atoms with Gasteiger partial charge >= 0.3 is 0 Å². The minimum Gasteiger partial charge on any atom is -0.325 e. The SMILES string of the molecule is CCN1CCN(Cc2cnc(Nc3cc(-c4cc(F)c5nc(C)n(C6CCC6)c5c4)ncn3)cn2)CC1. The largest absolute Gasteiger partial charge is 0.325 e. The highest BCUT2D eigenvalue weighted by Gasteiger charge is 2.25. The summed E-state index contributed by atoms with van der Waals surface area (Å²) in [5, 5.41) is 3.21. The first-order chi connectivity index (χ1) is 18.1. The number of rotatable bonds is 7. The number of aryl methyl sites for hydroxylation is 1. The van der Waals surface area contributed by atoms with E-state index in [0.717, 1.165) is 69.1 Å². The van der Waals surface area contributed by atoms with Crippen LogP contribution in [0.4, 0.5) is 16.0 Å². The molecule has 1 aliphatic heterocycles. The smallest absolute Gasteiger partial charge is 0.151 e. The molecule has 1 aromatic carbocycles. The number of fused-ring (bicyclic) bond motifs is 1. The second-order valence-corrected chi connectivity index (χ2v) is 9.96. The number of benzene rings is 1. The summed E-state index contributed by atoms with van der Waals surface area (Å²) in [6, 6.07) is 5.68. The Balaban J connectivity index is 1.18.